The van der Waals surface area contributed by atoms with Gasteiger partial charge in [0.15, 0.2) is 0 Å². The van der Waals surface area contributed by atoms with Crippen molar-refractivity contribution < 1.29 is 8.78 Å². The lowest BCUT2D eigenvalue weighted by molar-refractivity contribution is 0.261. The molecule has 1 aliphatic rings. The Morgan fingerprint density at radius 3 is 2.11 bits per heavy atom. The lowest BCUT2D eigenvalue weighted by Gasteiger charge is -2.29. The Morgan fingerprint density at radius 2 is 1.64 bits per heavy atom. The molecule has 1 fully saturated rings. The lowest BCUT2D eigenvalue weighted by Crippen LogP contribution is -2.33. The molecule has 0 aromatic heterocycles. The Balaban J connectivity index is 0. The SMILES string of the molecule is CC.CC.CC.Cc1cccc(C2CNC(CC(C)(C)CCN)C2C#N)c1F.Fc1cccc(Cl)c1. The molecule has 36 heavy (non-hydrogen) atoms. The van der Waals surface area contributed by atoms with E-state index in [1.807, 2.05) is 53.7 Å². The minimum Gasteiger partial charge on any atom is -0.330 e. The predicted molar refractivity (Wildman–Crippen MR) is 152 cm³/mol. The van der Waals surface area contributed by atoms with Crippen LogP contribution in [0.2, 0.25) is 5.02 Å². The van der Waals surface area contributed by atoms with E-state index in [1.54, 1.807) is 25.1 Å². The molecule has 0 bridgehead atoms. The maximum atomic E-state index is 14.4. The van der Waals surface area contributed by atoms with E-state index in [0.717, 1.165) is 12.8 Å². The van der Waals surface area contributed by atoms with Crippen LogP contribution in [0, 0.1) is 41.2 Å². The van der Waals surface area contributed by atoms with Crippen molar-refractivity contribution in [2.75, 3.05) is 13.1 Å². The van der Waals surface area contributed by atoms with Crippen LogP contribution in [-0.4, -0.2) is 19.1 Å². The van der Waals surface area contributed by atoms with E-state index in [0.29, 0.717) is 29.2 Å². The number of nitrogens with zero attached hydrogens (tertiary/aromatic N) is 1. The summed E-state index contributed by atoms with van der Waals surface area (Å²) >= 11 is 5.40. The Morgan fingerprint density at radius 1 is 1.06 bits per heavy atom. The second-order valence-electron chi connectivity index (χ2n) is 8.60. The second-order valence-corrected chi connectivity index (χ2v) is 9.04. The van der Waals surface area contributed by atoms with Crippen LogP contribution in [0.5, 0.6) is 0 Å². The molecule has 3 atom stereocenters. The Labute approximate surface area is 224 Å². The molecular formula is C30H48ClF2N3. The van der Waals surface area contributed by atoms with E-state index in [1.165, 1.54) is 12.1 Å². The molecule has 6 heteroatoms. The maximum absolute atomic E-state index is 14.4. The van der Waals surface area contributed by atoms with E-state index in [9.17, 15) is 14.0 Å². The number of hydrogen-bond acceptors (Lipinski definition) is 3. The standard InChI is InChI=1S/C18H26FN3.C6H4ClF.3C2H6/c1-12-5-4-6-13(17(12)19)15-11-22-16(14(15)10-21)9-18(2,3)7-8-20;7-5-2-1-3-6(8)4-5;3*1-2/h4-6,14-16,22H,7-9,11,20H2,1-3H3;1-4H;3*1-2H3. The van der Waals surface area contributed by atoms with Gasteiger partial charge < -0.3 is 11.1 Å². The van der Waals surface area contributed by atoms with Gasteiger partial charge in [-0.05, 0) is 61.1 Å². The quantitative estimate of drug-likeness (QED) is 0.412. The van der Waals surface area contributed by atoms with Crippen molar-refractivity contribution in [3.63, 3.8) is 0 Å². The molecule has 1 aliphatic heterocycles. The van der Waals surface area contributed by atoms with Crippen LogP contribution < -0.4 is 11.1 Å². The van der Waals surface area contributed by atoms with Gasteiger partial charge in [0.25, 0.3) is 0 Å². The molecule has 3 nitrogen and oxygen atoms in total. The zero-order chi connectivity index (χ0) is 28.3. The predicted octanol–water partition coefficient (Wildman–Crippen LogP) is 8.65. The minimum absolute atomic E-state index is 0.0800. The topological polar surface area (TPSA) is 61.8 Å². The zero-order valence-corrected chi connectivity index (χ0v) is 24.5. The Hall–Kier alpha value is -2.00. The molecule has 3 unspecified atom stereocenters. The van der Waals surface area contributed by atoms with Crippen LogP contribution in [0.15, 0.2) is 42.5 Å². The highest BCUT2D eigenvalue weighted by atomic mass is 35.5. The van der Waals surface area contributed by atoms with E-state index < -0.39 is 0 Å². The van der Waals surface area contributed by atoms with Crippen molar-refractivity contribution in [3.05, 3.63) is 70.2 Å². The van der Waals surface area contributed by atoms with Crippen LogP contribution in [-0.2, 0) is 0 Å². The van der Waals surface area contributed by atoms with Gasteiger partial charge in [-0.15, -0.1) is 0 Å². The van der Waals surface area contributed by atoms with Crippen molar-refractivity contribution >= 4 is 11.6 Å². The summed E-state index contributed by atoms with van der Waals surface area (Å²) in [6, 6.07) is 13.8. The average Bonchev–Trinajstić information content (AvgIpc) is 3.26. The van der Waals surface area contributed by atoms with Crippen LogP contribution >= 0.6 is 11.6 Å². The molecule has 2 aromatic rings. The molecule has 3 N–H and O–H groups in total. The van der Waals surface area contributed by atoms with E-state index >= 15 is 0 Å². The number of nitrogens with two attached hydrogens (primary N) is 1. The zero-order valence-electron chi connectivity index (χ0n) is 23.8. The van der Waals surface area contributed by atoms with E-state index in [-0.39, 0.29) is 34.9 Å². The molecule has 0 aliphatic carbocycles. The fourth-order valence-corrected chi connectivity index (χ4v) is 4.18. The first kappa shape index (κ1) is 36.2. The van der Waals surface area contributed by atoms with Gasteiger partial charge in [-0.2, -0.15) is 5.26 Å². The molecule has 0 saturated carbocycles. The molecule has 3 rings (SSSR count). The molecular weight excluding hydrogens is 476 g/mol. The number of nitrogens with one attached hydrogen (secondary N) is 1. The summed E-state index contributed by atoms with van der Waals surface area (Å²) in [7, 11) is 0. The molecule has 0 radical (unpaired) electrons. The van der Waals surface area contributed by atoms with Crippen LogP contribution in [0.1, 0.15) is 85.3 Å². The smallest absolute Gasteiger partial charge is 0.129 e. The van der Waals surface area contributed by atoms with Crippen LogP contribution in [0.25, 0.3) is 0 Å². The first-order chi connectivity index (χ1) is 17.2. The van der Waals surface area contributed by atoms with Crippen molar-refractivity contribution in [3.8, 4) is 6.07 Å². The lowest BCUT2D eigenvalue weighted by atomic mass is 9.77. The normalized spacial score (nSPS) is 17.9. The summed E-state index contributed by atoms with van der Waals surface area (Å²) in [4.78, 5) is 0. The number of benzene rings is 2. The first-order valence-electron chi connectivity index (χ1n) is 13.2. The fraction of sp³-hybridized carbons (Fsp3) is 0.567. The minimum atomic E-state index is -0.294. The molecule has 1 saturated heterocycles. The average molecular weight is 524 g/mol. The summed E-state index contributed by atoms with van der Waals surface area (Å²) in [5.74, 6) is -0.745. The summed E-state index contributed by atoms with van der Waals surface area (Å²) < 4.78 is 26.5. The number of aryl methyl sites for hydroxylation is 1. The Kier molecular flexibility index (Phi) is 20.2. The van der Waals surface area contributed by atoms with Gasteiger partial charge in [0.2, 0.25) is 0 Å². The third-order valence-electron chi connectivity index (χ3n) is 5.62. The van der Waals surface area contributed by atoms with Crippen molar-refractivity contribution in [2.24, 2.45) is 17.1 Å². The van der Waals surface area contributed by atoms with Gasteiger partial charge >= 0.3 is 0 Å². The van der Waals surface area contributed by atoms with Gasteiger partial charge in [-0.25, -0.2) is 8.78 Å². The van der Waals surface area contributed by atoms with E-state index in [2.05, 4.69) is 25.2 Å². The highest BCUT2D eigenvalue weighted by Gasteiger charge is 2.40. The molecule has 1 heterocycles. The third kappa shape index (κ3) is 12.3. The highest BCUT2D eigenvalue weighted by molar-refractivity contribution is 6.30. The van der Waals surface area contributed by atoms with Gasteiger partial charge in [0.1, 0.15) is 11.6 Å². The number of nitriles is 1. The molecule has 2 aromatic carbocycles. The van der Waals surface area contributed by atoms with Crippen LogP contribution in [0.4, 0.5) is 8.78 Å². The first-order valence-corrected chi connectivity index (χ1v) is 13.6. The third-order valence-corrected chi connectivity index (χ3v) is 5.85. The second kappa shape index (κ2) is 20.1. The fourth-order valence-electron chi connectivity index (χ4n) is 4.00. The number of hydrogen-bond donors (Lipinski definition) is 2. The van der Waals surface area contributed by atoms with E-state index in [4.69, 9.17) is 17.3 Å². The number of rotatable bonds is 5. The van der Waals surface area contributed by atoms with Gasteiger partial charge in [0.05, 0.1) is 12.0 Å². The maximum Gasteiger partial charge on any atom is 0.129 e. The molecule has 204 valence electrons. The number of halogens is 3. The largest absolute Gasteiger partial charge is 0.330 e. The van der Waals surface area contributed by atoms with Crippen molar-refractivity contribution in [2.45, 2.75) is 87.1 Å². The summed E-state index contributed by atoms with van der Waals surface area (Å²) in [5.41, 5.74) is 7.07. The summed E-state index contributed by atoms with van der Waals surface area (Å²) in [6.45, 7) is 19.4. The van der Waals surface area contributed by atoms with Gasteiger partial charge in [0, 0.05) is 23.5 Å². The van der Waals surface area contributed by atoms with Crippen molar-refractivity contribution in [1.29, 1.82) is 5.26 Å². The summed E-state index contributed by atoms with van der Waals surface area (Å²) in [6.07, 6.45) is 1.80. The van der Waals surface area contributed by atoms with Crippen LogP contribution in [0.3, 0.4) is 0 Å². The summed E-state index contributed by atoms with van der Waals surface area (Å²) in [5, 5.41) is 13.5. The van der Waals surface area contributed by atoms with Gasteiger partial charge in [-0.3, -0.25) is 0 Å². The molecule has 0 amide bonds. The highest BCUT2D eigenvalue weighted by Crippen LogP contribution is 2.38. The monoisotopic (exact) mass is 523 g/mol. The van der Waals surface area contributed by atoms with Crippen molar-refractivity contribution in [1.82, 2.24) is 5.32 Å². The molecule has 0 spiro atoms. The van der Waals surface area contributed by atoms with Gasteiger partial charge in [-0.1, -0.05) is 91.3 Å². The Bertz CT molecular complexity index is 863.